The zero-order valence-electron chi connectivity index (χ0n) is 8.39. The Balaban J connectivity index is 3.01. The molecule has 0 saturated heterocycles. The monoisotopic (exact) mass is 203 g/mol. The Morgan fingerprint density at radius 3 is 2.93 bits per heavy atom. The van der Waals surface area contributed by atoms with Gasteiger partial charge in [-0.05, 0) is 13.0 Å². The second-order valence-corrected chi connectivity index (χ2v) is 2.79. The van der Waals surface area contributed by atoms with Gasteiger partial charge in [0, 0.05) is 24.9 Å². The van der Waals surface area contributed by atoms with Gasteiger partial charge in [0.15, 0.2) is 0 Å². The summed E-state index contributed by atoms with van der Waals surface area (Å²) in [7, 11) is 0. The van der Waals surface area contributed by atoms with E-state index in [1.807, 2.05) is 6.07 Å². The summed E-state index contributed by atoms with van der Waals surface area (Å²) in [6, 6.07) is 3.57. The van der Waals surface area contributed by atoms with Crippen molar-refractivity contribution in [1.82, 2.24) is 4.98 Å². The van der Waals surface area contributed by atoms with Crippen molar-refractivity contribution >= 4 is 11.7 Å². The molecule has 0 aliphatic heterocycles. The Hall–Kier alpha value is -2.22. The van der Waals surface area contributed by atoms with Gasteiger partial charge >= 0.3 is 5.97 Å². The molecule has 0 amide bonds. The molecule has 0 aromatic carbocycles. The molecule has 5 heteroatoms. The van der Waals surface area contributed by atoms with E-state index in [1.165, 1.54) is 19.3 Å². The van der Waals surface area contributed by atoms with Crippen LogP contribution in [-0.2, 0) is 9.63 Å². The fourth-order valence-electron chi connectivity index (χ4n) is 0.962. The molecule has 0 aliphatic rings. The van der Waals surface area contributed by atoms with Crippen LogP contribution in [0.25, 0.3) is 0 Å². The number of nitriles is 1. The molecule has 0 fully saturated rings. The highest BCUT2D eigenvalue weighted by Crippen LogP contribution is 2.07. The molecular formula is C10H9N3O2. The summed E-state index contributed by atoms with van der Waals surface area (Å²) in [4.78, 5) is 18.9. The lowest BCUT2D eigenvalue weighted by atomic mass is 10.1. The van der Waals surface area contributed by atoms with E-state index in [0.29, 0.717) is 16.8 Å². The van der Waals surface area contributed by atoms with E-state index in [2.05, 4.69) is 15.0 Å². The third-order valence-corrected chi connectivity index (χ3v) is 1.64. The van der Waals surface area contributed by atoms with Crippen LogP contribution in [0.2, 0.25) is 0 Å². The molecule has 1 heterocycles. The standard InChI is InChI=1S/C10H9N3O2/c1-7(13-15-8(2)14)10-6-12-4-3-9(10)5-11/h3-4,6H,1-2H3/b13-7+. The number of rotatable bonds is 2. The number of pyridine rings is 1. The molecule has 0 saturated carbocycles. The topological polar surface area (TPSA) is 75.3 Å². The van der Waals surface area contributed by atoms with Gasteiger partial charge in [-0.3, -0.25) is 4.98 Å². The van der Waals surface area contributed by atoms with Crippen LogP contribution in [0.1, 0.15) is 25.0 Å². The lowest BCUT2D eigenvalue weighted by Crippen LogP contribution is -2.02. The third-order valence-electron chi connectivity index (χ3n) is 1.64. The van der Waals surface area contributed by atoms with E-state index in [9.17, 15) is 4.79 Å². The minimum atomic E-state index is -0.503. The maximum atomic E-state index is 10.5. The van der Waals surface area contributed by atoms with Gasteiger partial charge in [-0.25, -0.2) is 4.79 Å². The van der Waals surface area contributed by atoms with Crippen molar-refractivity contribution in [2.75, 3.05) is 0 Å². The molecule has 5 nitrogen and oxygen atoms in total. The number of hydrogen-bond donors (Lipinski definition) is 0. The van der Waals surface area contributed by atoms with E-state index < -0.39 is 5.97 Å². The van der Waals surface area contributed by atoms with Crippen LogP contribution >= 0.6 is 0 Å². The first kappa shape index (κ1) is 10.9. The van der Waals surface area contributed by atoms with Gasteiger partial charge in [-0.2, -0.15) is 5.26 Å². The van der Waals surface area contributed by atoms with Crippen molar-refractivity contribution in [1.29, 1.82) is 5.26 Å². The molecule has 0 spiro atoms. The normalized spacial score (nSPS) is 10.6. The summed E-state index contributed by atoms with van der Waals surface area (Å²) in [5.41, 5.74) is 1.44. The van der Waals surface area contributed by atoms with Gasteiger partial charge < -0.3 is 4.84 Å². The second-order valence-electron chi connectivity index (χ2n) is 2.79. The van der Waals surface area contributed by atoms with Crippen molar-refractivity contribution in [3.8, 4) is 6.07 Å². The second kappa shape index (κ2) is 4.86. The molecule has 0 atom stereocenters. The number of hydrogen-bond acceptors (Lipinski definition) is 5. The minimum absolute atomic E-state index is 0.440. The zero-order valence-corrected chi connectivity index (χ0v) is 8.39. The molecular weight excluding hydrogens is 194 g/mol. The van der Waals surface area contributed by atoms with Crippen LogP contribution in [0.4, 0.5) is 0 Å². The lowest BCUT2D eigenvalue weighted by molar-refractivity contribution is -0.140. The molecule has 0 radical (unpaired) electrons. The Morgan fingerprint density at radius 1 is 1.60 bits per heavy atom. The van der Waals surface area contributed by atoms with Gasteiger partial charge in [0.05, 0.1) is 17.3 Å². The highest BCUT2D eigenvalue weighted by molar-refractivity contribution is 6.00. The molecule has 0 N–H and O–H groups in total. The van der Waals surface area contributed by atoms with Gasteiger partial charge in [0.1, 0.15) is 0 Å². The van der Waals surface area contributed by atoms with Gasteiger partial charge in [-0.15, -0.1) is 0 Å². The first-order valence-electron chi connectivity index (χ1n) is 4.22. The summed E-state index contributed by atoms with van der Waals surface area (Å²) in [6.07, 6.45) is 3.02. The highest BCUT2D eigenvalue weighted by Gasteiger charge is 2.05. The number of carbonyl (C=O) groups is 1. The zero-order chi connectivity index (χ0) is 11.3. The molecule has 1 rings (SSSR count). The molecule has 15 heavy (non-hydrogen) atoms. The molecule has 0 aliphatic carbocycles. The Morgan fingerprint density at radius 2 is 2.33 bits per heavy atom. The van der Waals surface area contributed by atoms with Gasteiger partial charge in [0.25, 0.3) is 0 Å². The fourth-order valence-corrected chi connectivity index (χ4v) is 0.962. The predicted octanol–water partition coefficient (Wildman–Crippen LogP) is 1.24. The average Bonchev–Trinajstić information content (AvgIpc) is 2.25. The smallest absolute Gasteiger partial charge is 0.318 e. The van der Waals surface area contributed by atoms with Crippen LogP contribution in [0.15, 0.2) is 23.6 Å². The summed E-state index contributed by atoms with van der Waals surface area (Å²) >= 11 is 0. The van der Waals surface area contributed by atoms with E-state index in [4.69, 9.17) is 5.26 Å². The molecule has 0 unspecified atom stereocenters. The molecule has 76 valence electrons. The summed E-state index contributed by atoms with van der Waals surface area (Å²) in [5.74, 6) is -0.503. The van der Waals surface area contributed by atoms with Crippen molar-refractivity contribution in [2.45, 2.75) is 13.8 Å². The third kappa shape index (κ3) is 2.88. The molecule has 1 aromatic heterocycles. The molecule has 1 aromatic rings. The first-order chi connectivity index (χ1) is 7.15. The largest absolute Gasteiger partial charge is 0.331 e. The average molecular weight is 203 g/mol. The van der Waals surface area contributed by atoms with Gasteiger partial charge in [-0.1, -0.05) is 5.16 Å². The molecule has 0 bridgehead atoms. The maximum absolute atomic E-state index is 10.5. The van der Waals surface area contributed by atoms with E-state index in [0.717, 1.165) is 0 Å². The SMILES string of the molecule is CC(=O)O/N=C(\C)c1cnccc1C#N. The van der Waals surface area contributed by atoms with Crippen LogP contribution in [-0.4, -0.2) is 16.7 Å². The van der Waals surface area contributed by atoms with E-state index in [1.54, 1.807) is 13.0 Å². The summed E-state index contributed by atoms with van der Waals surface area (Å²) < 4.78 is 0. The van der Waals surface area contributed by atoms with Crippen molar-refractivity contribution in [3.05, 3.63) is 29.6 Å². The van der Waals surface area contributed by atoms with Crippen LogP contribution in [0.5, 0.6) is 0 Å². The fraction of sp³-hybridized carbons (Fsp3) is 0.200. The van der Waals surface area contributed by atoms with Crippen LogP contribution in [0, 0.1) is 11.3 Å². The first-order valence-corrected chi connectivity index (χ1v) is 4.22. The van der Waals surface area contributed by atoms with Crippen molar-refractivity contribution in [3.63, 3.8) is 0 Å². The maximum Gasteiger partial charge on any atom is 0.331 e. The number of oxime groups is 1. The quantitative estimate of drug-likeness (QED) is 0.411. The number of aromatic nitrogens is 1. The summed E-state index contributed by atoms with van der Waals surface area (Å²) in [5, 5.41) is 12.4. The highest BCUT2D eigenvalue weighted by atomic mass is 16.7. The Labute approximate surface area is 87.0 Å². The lowest BCUT2D eigenvalue weighted by Gasteiger charge is -2.00. The summed E-state index contributed by atoms with van der Waals surface area (Å²) in [6.45, 7) is 2.89. The van der Waals surface area contributed by atoms with Gasteiger partial charge in [0.2, 0.25) is 0 Å². The predicted molar refractivity (Wildman–Crippen MR) is 52.9 cm³/mol. The van der Waals surface area contributed by atoms with Crippen LogP contribution < -0.4 is 0 Å². The van der Waals surface area contributed by atoms with Crippen molar-refractivity contribution in [2.24, 2.45) is 5.16 Å². The minimum Gasteiger partial charge on any atom is -0.318 e. The van der Waals surface area contributed by atoms with Crippen LogP contribution in [0.3, 0.4) is 0 Å². The Bertz CT molecular complexity index is 446. The number of carbonyl (C=O) groups excluding carboxylic acids is 1. The van der Waals surface area contributed by atoms with E-state index >= 15 is 0 Å². The Kier molecular flexibility index (Phi) is 3.52. The van der Waals surface area contributed by atoms with E-state index in [-0.39, 0.29) is 0 Å². The number of nitrogens with zero attached hydrogens (tertiary/aromatic N) is 3. The van der Waals surface area contributed by atoms with Crippen molar-refractivity contribution < 1.29 is 9.63 Å².